The molecule has 21 heavy (non-hydrogen) atoms. The van der Waals surface area contributed by atoms with Crippen molar-refractivity contribution in [2.24, 2.45) is 0 Å². The molecule has 0 unspecified atom stereocenters. The number of nitrogens with zero attached hydrogens (tertiary/aromatic N) is 3. The average molecular weight is 293 g/mol. The number of halogens is 2. The molecule has 0 radical (unpaired) electrons. The third-order valence-electron chi connectivity index (χ3n) is 2.80. The van der Waals surface area contributed by atoms with Gasteiger partial charge >= 0.3 is 0 Å². The highest BCUT2D eigenvalue weighted by molar-refractivity contribution is 6.08. The van der Waals surface area contributed by atoms with E-state index in [1.165, 1.54) is 19.4 Å². The van der Waals surface area contributed by atoms with E-state index in [1.54, 1.807) is 12.1 Å². The van der Waals surface area contributed by atoms with Crippen LogP contribution in [0.3, 0.4) is 0 Å². The first-order valence-electron chi connectivity index (χ1n) is 5.73. The lowest BCUT2D eigenvalue weighted by molar-refractivity contribution is -0.385. The summed E-state index contributed by atoms with van der Waals surface area (Å²) < 4.78 is 26.4. The van der Waals surface area contributed by atoms with E-state index in [1.807, 2.05) is 0 Å². The Morgan fingerprint density at radius 2 is 2.00 bits per heavy atom. The monoisotopic (exact) mass is 293 g/mol. The van der Waals surface area contributed by atoms with Gasteiger partial charge in [0.1, 0.15) is 5.56 Å². The van der Waals surface area contributed by atoms with Gasteiger partial charge in [-0.05, 0) is 18.2 Å². The molecule has 0 atom stereocenters. The van der Waals surface area contributed by atoms with Crippen LogP contribution in [-0.2, 0) is 0 Å². The highest BCUT2D eigenvalue weighted by Gasteiger charge is 2.26. The number of nitro benzene ring substituents is 1. The fourth-order valence-corrected chi connectivity index (χ4v) is 1.71. The molecule has 0 fully saturated rings. The summed E-state index contributed by atoms with van der Waals surface area (Å²) in [6.07, 6.45) is 2.85. The van der Waals surface area contributed by atoms with Crippen molar-refractivity contribution in [3.63, 3.8) is 0 Å². The summed E-state index contributed by atoms with van der Waals surface area (Å²) in [7, 11) is 1.35. The normalized spacial score (nSPS) is 10.2. The van der Waals surface area contributed by atoms with Crippen LogP contribution < -0.4 is 4.90 Å². The Kier molecular flexibility index (Phi) is 3.88. The van der Waals surface area contributed by atoms with Gasteiger partial charge in [0, 0.05) is 13.2 Å². The van der Waals surface area contributed by atoms with E-state index in [2.05, 4.69) is 4.98 Å². The van der Waals surface area contributed by atoms with Gasteiger partial charge in [0.25, 0.3) is 11.6 Å². The topological polar surface area (TPSA) is 76.3 Å². The first-order chi connectivity index (χ1) is 9.91. The zero-order valence-corrected chi connectivity index (χ0v) is 10.8. The second-order valence-corrected chi connectivity index (χ2v) is 4.12. The van der Waals surface area contributed by atoms with Gasteiger partial charge in [0.15, 0.2) is 11.6 Å². The number of carbonyl (C=O) groups is 1. The fourth-order valence-electron chi connectivity index (χ4n) is 1.71. The van der Waals surface area contributed by atoms with E-state index < -0.39 is 33.7 Å². The smallest absolute Gasteiger partial charge is 0.285 e. The van der Waals surface area contributed by atoms with Crippen molar-refractivity contribution in [3.05, 3.63) is 64.0 Å². The molecule has 2 rings (SSSR count). The van der Waals surface area contributed by atoms with E-state index in [0.717, 1.165) is 4.90 Å². The molecule has 0 saturated carbocycles. The summed E-state index contributed by atoms with van der Waals surface area (Å²) in [5.41, 5.74) is -0.971. The molecule has 1 heterocycles. The Balaban J connectivity index is 2.48. The van der Waals surface area contributed by atoms with Gasteiger partial charge in [-0.3, -0.25) is 19.9 Å². The molecule has 1 aromatic carbocycles. The zero-order chi connectivity index (χ0) is 15.6. The standard InChI is InChI=1S/C13H9F2N3O3/c1-17(8-3-2-4-16-7-8)13(19)9-5-10(14)11(15)6-12(9)18(20)21/h2-7H,1H3. The van der Waals surface area contributed by atoms with Gasteiger partial charge in [-0.15, -0.1) is 0 Å². The summed E-state index contributed by atoms with van der Waals surface area (Å²) in [4.78, 5) is 27.1. The Morgan fingerprint density at radius 3 is 2.57 bits per heavy atom. The maximum absolute atomic E-state index is 13.3. The molecule has 8 heteroatoms. The maximum atomic E-state index is 13.3. The molecule has 2 aromatic rings. The molecule has 108 valence electrons. The quantitative estimate of drug-likeness (QED) is 0.643. The van der Waals surface area contributed by atoms with E-state index in [9.17, 15) is 23.7 Å². The van der Waals surface area contributed by atoms with Gasteiger partial charge in [0.05, 0.1) is 22.9 Å². The zero-order valence-electron chi connectivity index (χ0n) is 10.8. The maximum Gasteiger partial charge on any atom is 0.285 e. The van der Waals surface area contributed by atoms with Crippen molar-refractivity contribution in [3.8, 4) is 0 Å². The van der Waals surface area contributed by atoms with Gasteiger partial charge < -0.3 is 4.90 Å². The Bertz CT molecular complexity index is 707. The van der Waals surface area contributed by atoms with Crippen LogP contribution in [0.2, 0.25) is 0 Å². The molecule has 0 bridgehead atoms. The predicted octanol–water partition coefficient (Wildman–Crippen LogP) is 2.54. The number of carbonyl (C=O) groups excluding carboxylic acids is 1. The molecule has 0 aliphatic heterocycles. The Morgan fingerprint density at radius 1 is 1.33 bits per heavy atom. The molecule has 0 N–H and O–H groups in total. The van der Waals surface area contributed by atoms with Crippen LogP contribution in [0.5, 0.6) is 0 Å². The number of nitro groups is 1. The first-order valence-corrected chi connectivity index (χ1v) is 5.73. The Hall–Kier alpha value is -2.90. The number of rotatable bonds is 3. The van der Waals surface area contributed by atoms with Crippen LogP contribution in [0, 0.1) is 21.7 Å². The van der Waals surface area contributed by atoms with Crippen LogP contribution >= 0.6 is 0 Å². The number of benzene rings is 1. The molecule has 0 saturated heterocycles. The summed E-state index contributed by atoms with van der Waals surface area (Å²) in [6.45, 7) is 0. The average Bonchev–Trinajstić information content (AvgIpc) is 2.48. The lowest BCUT2D eigenvalue weighted by atomic mass is 10.1. The third-order valence-corrected chi connectivity index (χ3v) is 2.80. The number of aromatic nitrogens is 1. The summed E-state index contributed by atoms with van der Waals surface area (Å²) in [5, 5.41) is 10.9. The second-order valence-electron chi connectivity index (χ2n) is 4.12. The molecule has 6 nitrogen and oxygen atoms in total. The van der Waals surface area contributed by atoms with Gasteiger partial charge in [-0.2, -0.15) is 0 Å². The molecule has 1 aromatic heterocycles. The van der Waals surface area contributed by atoms with Crippen LogP contribution in [0.15, 0.2) is 36.7 Å². The molecule has 0 aliphatic carbocycles. The highest BCUT2D eigenvalue weighted by Crippen LogP contribution is 2.25. The molecule has 1 amide bonds. The Labute approximate surface area is 117 Å². The van der Waals surface area contributed by atoms with Crippen molar-refractivity contribution >= 4 is 17.3 Å². The van der Waals surface area contributed by atoms with E-state index in [4.69, 9.17) is 0 Å². The molecule has 0 spiro atoms. The van der Waals surface area contributed by atoms with Crippen molar-refractivity contribution < 1.29 is 18.5 Å². The van der Waals surface area contributed by atoms with Gasteiger partial charge in [-0.1, -0.05) is 0 Å². The minimum Gasteiger partial charge on any atom is -0.310 e. The van der Waals surface area contributed by atoms with Crippen LogP contribution in [0.4, 0.5) is 20.2 Å². The largest absolute Gasteiger partial charge is 0.310 e. The molecular weight excluding hydrogens is 284 g/mol. The van der Waals surface area contributed by atoms with Gasteiger partial charge in [-0.25, -0.2) is 8.78 Å². The highest BCUT2D eigenvalue weighted by atomic mass is 19.2. The van der Waals surface area contributed by atoms with Crippen molar-refractivity contribution in [2.75, 3.05) is 11.9 Å². The number of hydrogen-bond acceptors (Lipinski definition) is 4. The van der Waals surface area contributed by atoms with E-state index in [-0.39, 0.29) is 0 Å². The minimum atomic E-state index is -1.39. The fraction of sp³-hybridized carbons (Fsp3) is 0.0769. The molecular formula is C13H9F2N3O3. The van der Waals surface area contributed by atoms with E-state index >= 15 is 0 Å². The number of pyridine rings is 1. The second kappa shape index (κ2) is 5.61. The van der Waals surface area contributed by atoms with Crippen LogP contribution in [0.25, 0.3) is 0 Å². The number of amides is 1. The first kappa shape index (κ1) is 14.5. The number of anilines is 1. The van der Waals surface area contributed by atoms with E-state index in [0.29, 0.717) is 17.8 Å². The third kappa shape index (κ3) is 2.83. The minimum absolute atomic E-state index is 0.363. The van der Waals surface area contributed by atoms with Crippen LogP contribution in [-0.4, -0.2) is 22.9 Å². The lowest BCUT2D eigenvalue weighted by Crippen LogP contribution is -2.27. The SMILES string of the molecule is CN(C(=O)c1cc(F)c(F)cc1[N+](=O)[O-])c1cccnc1. The van der Waals surface area contributed by atoms with Crippen molar-refractivity contribution in [1.29, 1.82) is 0 Å². The summed E-state index contributed by atoms with van der Waals surface area (Å²) in [5.74, 6) is -3.56. The molecule has 0 aliphatic rings. The van der Waals surface area contributed by atoms with Gasteiger partial charge in [0.2, 0.25) is 0 Å². The van der Waals surface area contributed by atoms with Crippen LogP contribution in [0.1, 0.15) is 10.4 Å². The lowest BCUT2D eigenvalue weighted by Gasteiger charge is -2.16. The van der Waals surface area contributed by atoms with Crippen molar-refractivity contribution in [2.45, 2.75) is 0 Å². The predicted molar refractivity (Wildman–Crippen MR) is 70.0 cm³/mol. The number of hydrogen-bond donors (Lipinski definition) is 0. The van der Waals surface area contributed by atoms with Crippen molar-refractivity contribution in [1.82, 2.24) is 4.98 Å². The summed E-state index contributed by atoms with van der Waals surface area (Å²) >= 11 is 0. The summed E-state index contributed by atoms with van der Waals surface area (Å²) in [6, 6.07) is 4.03.